The van der Waals surface area contributed by atoms with Crippen molar-refractivity contribution < 1.29 is 25.2 Å². The third kappa shape index (κ3) is 2.62. The maximum atomic E-state index is 9.92. The lowest BCUT2D eigenvalue weighted by Gasteiger charge is -2.45. The molecule has 0 aromatic rings. The Morgan fingerprint density at radius 3 is 2.18 bits per heavy atom. The first-order chi connectivity index (χ1) is 8.15. The molecule has 0 saturated carbocycles. The summed E-state index contributed by atoms with van der Waals surface area (Å²) in [6.07, 6.45) is -1.88. The van der Waals surface area contributed by atoms with Crippen molar-refractivity contribution in [1.82, 2.24) is 4.90 Å². The van der Waals surface area contributed by atoms with E-state index in [2.05, 4.69) is 0 Å². The molecule has 2 saturated heterocycles. The second-order valence-electron chi connectivity index (χ2n) is 4.82. The number of hydrogen-bond donors (Lipinski definition) is 4. The number of ether oxygens (including phenoxy) is 1. The van der Waals surface area contributed by atoms with Crippen LogP contribution in [0.3, 0.4) is 0 Å². The van der Waals surface area contributed by atoms with Crippen molar-refractivity contribution >= 4 is 0 Å². The van der Waals surface area contributed by atoms with Crippen LogP contribution in [0.2, 0.25) is 0 Å². The lowest BCUT2D eigenvalue weighted by atomic mass is 9.97. The average molecular weight is 247 g/mol. The molecule has 2 rings (SSSR count). The number of hydrogen-bond acceptors (Lipinski definition) is 6. The first-order valence-corrected chi connectivity index (χ1v) is 6.19. The Morgan fingerprint density at radius 2 is 1.59 bits per heavy atom. The molecule has 2 heterocycles. The number of aliphatic hydroxyl groups excluding tert-OH is 4. The van der Waals surface area contributed by atoms with Crippen molar-refractivity contribution in [3.8, 4) is 0 Å². The predicted molar refractivity (Wildman–Crippen MR) is 59.2 cm³/mol. The molecule has 4 N–H and O–H groups in total. The number of aliphatic hydroxyl groups is 4. The van der Waals surface area contributed by atoms with Gasteiger partial charge in [0.05, 0.1) is 6.61 Å². The van der Waals surface area contributed by atoms with E-state index < -0.39 is 30.6 Å². The summed E-state index contributed by atoms with van der Waals surface area (Å²) >= 11 is 0. The molecule has 5 unspecified atom stereocenters. The SMILES string of the molecule is OCC1OC(N2CCCCC2)C(O)C(O)C1O. The van der Waals surface area contributed by atoms with Crippen molar-refractivity contribution in [2.45, 2.75) is 49.9 Å². The minimum Gasteiger partial charge on any atom is -0.394 e. The van der Waals surface area contributed by atoms with Gasteiger partial charge in [-0.2, -0.15) is 0 Å². The molecular formula is C11H21NO5. The highest BCUT2D eigenvalue weighted by atomic mass is 16.6. The van der Waals surface area contributed by atoms with Crippen LogP contribution >= 0.6 is 0 Å². The van der Waals surface area contributed by atoms with Crippen LogP contribution in [0.5, 0.6) is 0 Å². The lowest BCUT2D eigenvalue weighted by molar-refractivity contribution is -0.266. The molecule has 2 aliphatic heterocycles. The minimum absolute atomic E-state index is 0.366. The fourth-order valence-corrected chi connectivity index (χ4v) is 2.56. The highest BCUT2D eigenvalue weighted by Crippen LogP contribution is 2.25. The van der Waals surface area contributed by atoms with Gasteiger partial charge < -0.3 is 25.2 Å². The maximum absolute atomic E-state index is 9.92. The Balaban J connectivity index is 2.04. The van der Waals surface area contributed by atoms with Gasteiger partial charge in [0.25, 0.3) is 0 Å². The van der Waals surface area contributed by atoms with Gasteiger partial charge in [-0.15, -0.1) is 0 Å². The zero-order chi connectivity index (χ0) is 12.4. The highest BCUT2D eigenvalue weighted by molar-refractivity contribution is 4.92. The second-order valence-corrected chi connectivity index (χ2v) is 4.82. The standard InChI is InChI=1S/C11H21NO5/c13-6-7-8(14)9(15)10(16)11(17-7)12-4-2-1-3-5-12/h7-11,13-16H,1-6H2. The van der Waals surface area contributed by atoms with E-state index in [0.717, 1.165) is 32.4 Å². The first-order valence-electron chi connectivity index (χ1n) is 6.19. The second kappa shape index (κ2) is 5.60. The first kappa shape index (κ1) is 13.2. The van der Waals surface area contributed by atoms with Crippen LogP contribution in [0.4, 0.5) is 0 Å². The van der Waals surface area contributed by atoms with Crippen LogP contribution in [0, 0.1) is 0 Å². The molecule has 5 atom stereocenters. The molecule has 6 nitrogen and oxygen atoms in total. The molecule has 2 aliphatic rings. The van der Waals surface area contributed by atoms with Gasteiger partial charge in [0.1, 0.15) is 30.6 Å². The van der Waals surface area contributed by atoms with Gasteiger partial charge in [0.15, 0.2) is 0 Å². The van der Waals surface area contributed by atoms with E-state index in [1.165, 1.54) is 0 Å². The van der Waals surface area contributed by atoms with E-state index in [9.17, 15) is 15.3 Å². The molecule has 0 radical (unpaired) electrons. The molecule has 0 aromatic carbocycles. The van der Waals surface area contributed by atoms with Crippen molar-refractivity contribution in [3.63, 3.8) is 0 Å². The monoisotopic (exact) mass is 247 g/mol. The fourth-order valence-electron chi connectivity index (χ4n) is 2.56. The summed E-state index contributed by atoms with van der Waals surface area (Å²) in [5.74, 6) is 0. The molecule has 100 valence electrons. The third-order valence-corrected chi connectivity index (χ3v) is 3.62. The zero-order valence-corrected chi connectivity index (χ0v) is 9.77. The van der Waals surface area contributed by atoms with Crippen LogP contribution in [0.1, 0.15) is 19.3 Å². The van der Waals surface area contributed by atoms with Crippen LogP contribution in [0.15, 0.2) is 0 Å². The predicted octanol–water partition coefficient (Wildman–Crippen LogP) is -1.73. The van der Waals surface area contributed by atoms with E-state index in [1.54, 1.807) is 0 Å². The van der Waals surface area contributed by atoms with Crippen LogP contribution < -0.4 is 0 Å². The number of piperidine rings is 1. The van der Waals surface area contributed by atoms with Gasteiger partial charge in [0.2, 0.25) is 0 Å². The van der Waals surface area contributed by atoms with Gasteiger partial charge in [-0.25, -0.2) is 0 Å². The molecule has 0 aromatic heterocycles. The van der Waals surface area contributed by atoms with E-state index in [1.807, 2.05) is 4.90 Å². The van der Waals surface area contributed by atoms with Crippen molar-refractivity contribution in [2.75, 3.05) is 19.7 Å². The normalized spacial score (nSPS) is 44.8. The molecule has 0 amide bonds. The summed E-state index contributed by atoms with van der Waals surface area (Å²) in [7, 11) is 0. The summed E-state index contributed by atoms with van der Waals surface area (Å²) in [5.41, 5.74) is 0. The summed E-state index contributed by atoms with van der Waals surface area (Å²) in [5, 5.41) is 38.3. The Labute approximate surface area is 100 Å². The van der Waals surface area contributed by atoms with Crippen molar-refractivity contribution in [1.29, 1.82) is 0 Å². The molecule has 2 fully saturated rings. The van der Waals surface area contributed by atoms with Crippen LogP contribution in [0.25, 0.3) is 0 Å². The number of nitrogens with zero attached hydrogens (tertiary/aromatic N) is 1. The maximum Gasteiger partial charge on any atom is 0.140 e. The largest absolute Gasteiger partial charge is 0.394 e. The minimum atomic E-state index is -1.27. The van der Waals surface area contributed by atoms with Gasteiger partial charge in [-0.05, 0) is 12.8 Å². The van der Waals surface area contributed by atoms with E-state index in [-0.39, 0.29) is 6.61 Å². The van der Waals surface area contributed by atoms with Gasteiger partial charge in [-0.3, -0.25) is 4.90 Å². The van der Waals surface area contributed by atoms with Crippen LogP contribution in [-0.2, 0) is 4.74 Å². The molecule has 17 heavy (non-hydrogen) atoms. The van der Waals surface area contributed by atoms with E-state index in [0.29, 0.717) is 0 Å². The molecule has 0 spiro atoms. The van der Waals surface area contributed by atoms with Crippen molar-refractivity contribution in [3.05, 3.63) is 0 Å². The van der Waals surface area contributed by atoms with Crippen LogP contribution in [-0.4, -0.2) is 75.7 Å². The smallest absolute Gasteiger partial charge is 0.140 e. The number of rotatable bonds is 2. The van der Waals surface area contributed by atoms with Gasteiger partial charge in [-0.1, -0.05) is 6.42 Å². The van der Waals surface area contributed by atoms with Crippen molar-refractivity contribution in [2.24, 2.45) is 0 Å². The summed E-state index contributed by atoms with van der Waals surface area (Å²) in [4.78, 5) is 1.96. The third-order valence-electron chi connectivity index (χ3n) is 3.62. The lowest BCUT2D eigenvalue weighted by Crippen LogP contribution is -2.63. The fraction of sp³-hybridized carbons (Fsp3) is 1.00. The Hall–Kier alpha value is -0.240. The van der Waals surface area contributed by atoms with Gasteiger partial charge in [0, 0.05) is 13.1 Å². The molecule has 0 bridgehead atoms. The topological polar surface area (TPSA) is 93.4 Å². The highest BCUT2D eigenvalue weighted by Gasteiger charge is 2.45. The number of likely N-dealkylation sites (tertiary alicyclic amines) is 1. The zero-order valence-electron chi connectivity index (χ0n) is 9.77. The Bertz CT molecular complexity index is 242. The van der Waals surface area contributed by atoms with E-state index in [4.69, 9.17) is 9.84 Å². The Morgan fingerprint density at radius 1 is 0.941 bits per heavy atom. The quantitative estimate of drug-likeness (QED) is 0.463. The summed E-state index contributed by atoms with van der Waals surface area (Å²) < 4.78 is 5.49. The molecular weight excluding hydrogens is 226 g/mol. The molecule has 6 heteroatoms. The van der Waals surface area contributed by atoms with Gasteiger partial charge >= 0.3 is 0 Å². The van der Waals surface area contributed by atoms with E-state index >= 15 is 0 Å². The Kier molecular flexibility index (Phi) is 4.35. The molecule has 0 aliphatic carbocycles. The average Bonchev–Trinajstić information content (AvgIpc) is 2.37. The summed E-state index contributed by atoms with van der Waals surface area (Å²) in [6, 6.07) is 0. The summed E-state index contributed by atoms with van der Waals surface area (Å²) in [6.45, 7) is 1.25.